The van der Waals surface area contributed by atoms with E-state index >= 15 is 0 Å². The number of benzene rings is 2. The van der Waals surface area contributed by atoms with Crippen molar-refractivity contribution in [3.8, 4) is 17.2 Å². The second-order valence-corrected chi connectivity index (χ2v) is 6.21. The lowest BCUT2D eigenvalue weighted by molar-refractivity contribution is 0.257. The molecule has 0 aromatic heterocycles. The molecule has 130 valence electrons. The standard InChI is InChI=1S/C21H28O3/c1-15-8-11-19(20(14-15)22-5)23-12-6-7-13-24-21-17(3)10-9-16(2)18(21)4/h8-11,14H,6-7,12-13H2,1-5H3. The minimum atomic E-state index is 0.661. The molecule has 0 fully saturated rings. The van der Waals surface area contributed by atoms with Crippen molar-refractivity contribution in [2.24, 2.45) is 0 Å². The van der Waals surface area contributed by atoms with E-state index < -0.39 is 0 Å². The first-order valence-corrected chi connectivity index (χ1v) is 8.50. The fraction of sp³-hybridized carbons (Fsp3) is 0.429. The van der Waals surface area contributed by atoms with Gasteiger partial charge in [0.25, 0.3) is 0 Å². The van der Waals surface area contributed by atoms with Gasteiger partial charge in [0.05, 0.1) is 20.3 Å². The molecule has 0 aliphatic rings. The molecule has 0 saturated carbocycles. The van der Waals surface area contributed by atoms with Gasteiger partial charge in [-0.2, -0.15) is 0 Å². The topological polar surface area (TPSA) is 27.7 Å². The van der Waals surface area contributed by atoms with Gasteiger partial charge in [-0.1, -0.05) is 18.2 Å². The fourth-order valence-corrected chi connectivity index (χ4v) is 2.60. The third-order valence-corrected chi connectivity index (χ3v) is 4.24. The Balaban J connectivity index is 1.76. The Bertz CT molecular complexity index is 677. The van der Waals surface area contributed by atoms with Crippen LogP contribution < -0.4 is 14.2 Å². The number of rotatable bonds is 8. The van der Waals surface area contributed by atoms with Gasteiger partial charge < -0.3 is 14.2 Å². The third-order valence-electron chi connectivity index (χ3n) is 4.24. The maximum atomic E-state index is 5.98. The minimum absolute atomic E-state index is 0.661. The van der Waals surface area contributed by atoms with Gasteiger partial charge in [-0.05, 0) is 74.9 Å². The molecule has 0 amide bonds. The number of ether oxygens (including phenoxy) is 3. The lowest BCUT2D eigenvalue weighted by Gasteiger charge is -2.14. The van der Waals surface area contributed by atoms with E-state index in [0.29, 0.717) is 13.2 Å². The zero-order chi connectivity index (χ0) is 17.5. The molecule has 24 heavy (non-hydrogen) atoms. The van der Waals surface area contributed by atoms with Crippen molar-refractivity contribution in [1.82, 2.24) is 0 Å². The fourth-order valence-electron chi connectivity index (χ4n) is 2.60. The SMILES string of the molecule is COc1cc(C)ccc1OCCCCOc1c(C)ccc(C)c1C. The van der Waals surface area contributed by atoms with Crippen LogP contribution in [0, 0.1) is 27.7 Å². The Morgan fingerprint density at radius 2 is 1.42 bits per heavy atom. The molecule has 2 rings (SSSR count). The highest BCUT2D eigenvalue weighted by Gasteiger charge is 2.07. The van der Waals surface area contributed by atoms with Crippen LogP contribution in [-0.2, 0) is 0 Å². The van der Waals surface area contributed by atoms with Crippen molar-refractivity contribution in [1.29, 1.82) is 0 Å². The first kappa shape index (κ1) is 18.2. The van der Waals surface area contributed by atoms with Crippen LogP contribution >= 0.6 is 0 Å². The monoisotopic (exact) mass is 328 g/mol. The first-order valence-electron chi connectivity index (χ1n) is 8.50. The summed E-state index contributed by atoms with van der Waals surface area (Å²) in [6, 6.07) is 10.2. The Kier molecular flexibility index (Phi) is 6.53. The summed E-state index contributed by atoms with van der Waals surface area (Å²) in [5.41, 5.74) is 4.86. The van der Waals surface area contributed by atoms with Gasteiger partial charge in [0.1, 0.15) is 5.75 Å². The average Bonchev–Trinajstić information content (AvgIpc) is 2.58. The Labute approximate surface area is 145 Å². The molecular weight excluding hydrogens is 300 g/mol. The number of hydrogen-bond donors (Lipinski definition) is 0. The third kappa shape index (κ3) is 4.67. The second-order valence-electron chi connectivity index (χ2n) is 6.21. The van der Waals surface area contributed by atoms with E-state index in [0.717, 1.165) is 35.7 Å². The highest BCUT2D eigenvalue weighted by atomic mass is 16.5. The smallest absolute Gasteiger partial charge is 0.161 e. The maximum absolute atomic E-state index is 5.98. The van der Waals surface area contributed by atoms with E-state index in [1.165, 1.54) is 16.7 Å². The number of unbranched alkanes of at least 4 members (excludes halogenated alkanes) is 1. The van der Waals surface area contributed by atoms with Crippen LogP contribution in [0.3, 0.4) is 0 Å². The molecule has 0 heterocycles. The zero-order valence-corrected chi connectivity index (χ0v) is 15.4. The lowest BCUT2D eigenvalue weighted by atomic mass is 10.1. The van der Waals surface area contributed by atoms with Crippen molar-refractivity contribution in [2.75, 3.05) is 20.3 Å². The van der Waals surface area contributed by atoms with E-state index in [4.69, 9.17) is 14.2 Å². The largest absolute Gasteiger partial charge is 0.493 e. The molecule has 0 N–H and O–H groups in total. The van der Waals surface area contributed by atoms with Crippen molar-refractivity contribution < 1.29 is 14.2 Å². The van der Waals surface area contributed by atoms with Crippen LogP contribution in [0.4, 0.5) is 0 Å². The van der Waals surface area contributed by atoms with Crippen LogP contribution in [-0.4, -0.2) is 20.3 Å². The molecular formula is C21H28O3. The van der Waals surface area contributed by atoms with E-state index in [2.05, 4.69) is 32.9 Å². The number of methoxy groups -OCH3 is 1. The molecule has 0 unspecified atom stereocenters. The summed E-state index contributed by atoms with van der Waals surface area (Å²) in [6.45, 7) is 9.73. The quantitative estimate of drug-likeness (QED) is 0.626. The van der Waals surface area contributed by atoms with E-state index in [1.807, 2.05) is 25.1 Å². The maximum Gasteiger partial charge on any atom is 0.161 e. The van der Waals surface area contributed by atoms with Crippen molar-refractivity contribution in [3.63, 3.8) is 0 Å². The summed E-state index contributed by atoms with van der Waals surface area (Å²) in [6.07, 6.45) is 1.90. The van der Waals surface area contributed by atoms with Gasteiger partial charge in [-0.25, -0.2) is 0 Å². The molecule has 0 radical (unpaired) electrons. The molecule has 0 aliphatic heterocycles. The van der Waals surface area contributed by atoms with Gasteiger partial charge in [-0.3, -0.25) is 0 Å². The summed E-state index contributed by atoms with van der Waals surface area (Å²) in [5.74, 6) is 2.61. The minimum Gasteiger partial charge on any atom is -0.493 e. The van der Waals surface area contributed by atoms with Gasteiger partial charge >= 0.3 is 0 Å². The predicted molar refractivity (Wildman–Crippen MR) is 98.6 cm³/mol. The van der Waals surface area contributed by atoms with Crippen LogP contribution in [0.25, 0.3) is 0 Å². The Morgan fingerprint density at radius 3 is 2.12 bits per heavy atom. The highest BCUT2D eigenvalue weighted by molar-refractivity contribution is 5.44. The van der Waals surface area contributed by atoms with Crippen LogP contribution in [0.2, 0.25) is 0 Å². The zero-order valence-electron chi connectivity index (χ0n) is 15.4. The summed E-state index contributed by atoms with van der Waals surface area (Å²) >= 11 is 0. The highest BCUT2D eigenvalue weighted by Crippen LogP contribution is 2.28. The molecule has 0 atom stereocenters. The van der Waals surface area contributed by atoms with Gasteiger partial charge in [0.15, 0.2) is 11.5 Å². The normalized spacial score (nSPS) is 10.5. The van der Waals surface area contributed by atoms with E-state index in [1.54, 1.807) is 7.11 Å². The van der Waals surface area contributed by atoms with Crippen molar-refractivity contribution in [3.05, 3.63) is 52.6 Å². The predicted octanol–water partition coefficient (Wildman–Crippen LogP) is 5.17. The van der Waals surface area contributed by atoms with Gasteiger partial charge in [-0.15, -0.1) is 0 Å². The average molecular weight is 328 g/mol. The van der Waals surface area contributed by atoms with Gasteiger partial charge in [0.2, 0.25) is 0 Å². The summed E-state index contributed by atoms with van der Waals surface area (Å²) < 4.78 is 17.2. The Morgan fingerprint density at radius 1 is 0.750 bits per heavy atom. The van der Waals surface area contributed by atoms with Crippen LogP contribution in [0.15, 0.2) is 30.3 Å². The second kappa shape index (κ2) is 8.62. The molecule has 0 aliphatic carbocycles. The molecule has 3 nitrogen and oxygen atoms in total. The van der Waals surface area contributed by atoms with Gasteiger partial charge in [0, 0.05) is 0 Å². The number of hydrogen-bond acceptors (Lipinski definition) is 3. The Hall–Kier alpha value is -2.16. The van der Waals surface area contributed by atoms with E-state index in [9.17, 15) is 0 Å². The van der Waals surface area contributed by atoms with Crippen molar-refractivity contribution in [2.45, 2.75) is 40.5 Å². The summed E-state index contributed by atoms with van der Waals surface area (Å²) in [5, 5.41) is 0. The molecule has 2 aromatic carbocycles. The molecule has 0 spiro atoms. The first-order chi connectivity index (χ1) is 11.5. The lowest BCUT2D eigenvalue weighted by Crippen LogP contribution is -2.05. The molecule has 0 saturated heterocycles. The van der Waals surface area contributed by atoms with E-state index in [-0.39, 0.29) is 0 Å². The van der Waals surface area contributed by atoms with Crippen LogP contribution in [0.5, 0.6) is 17.2 Å². The van der Waals surface area contributed by atoms with Crippen molar-refractivity contribution >= 4 is 0 Å². The molecule has 3 heteroatoms. The summed E-state index contributed by atoms with van der Waals surface area (Å²) in [4.78, 5) is 0. The molecule has 2 aromatic rings. The summed E-state index contributed by atoms with van der Waals surface area (Å²) in [7, 11) is 1.67. The molecule has 0 bridgehead atoms. The van der Waals surface area contributed by atoms with Crippen LogP contribution in [0.1, 0.15) is 35.1 Å². The number of aryl methyl sites for hydroxylation is 3.